The highest BCUT2D eigenvalue weighted by molar-refractivity contribution is 9.10. The van der Waals surface area contributed by atoms with Gasteiger partial charge < -0.3 is 5.32 Å². The van der Waals surface area contributed by atoms with E-state index in [-0.39, 0.29) is 17.8 Å². The molecule has 1 aromatic rings. The van der Waals surface area contributed by atoms with Crippen LogP contribution < -0.4 is 5.32 Å². The first kappa shape index (κ1) is 12.3. The van der Waals surface area contributed by atoms with Crippen molar-refractivity contribution in [2.45, 2.75) is 25.3 Å². The van der Waals surface area contributed by atoms with Crippen molar-refractivity contribution in [3.63, 3.8) is 0 Å². The number of hydrogen-bond donors (Lipinski definition) is 1. The molecule has 4 heteroatoms. The van der Waals surface area contributed by atoms with E-state index < -0.39 is 0 Å². The van der Waals surface area contributed by atoms with Crippen LogP contribution in [0.2, 0.25) is 0 Å². The van der Waals surface area contributed by atoms with Crippen LogP contribution >= 0.6 is 15.9 Å². The lowest BCUT2D eigenvalue weighted by molar-refractivity contribution is 0.0934. The Labute approximate surface area is 108 Å². The molecule has 0 heterocycles. The van der Waals surface area contributed by atoms with Crippen LogP contribution in [0.4, 0.5) is 4.39 Å². The molecule has 1 aliphatic carbocycles. The Hall–Kier alpha value is -1.16. The fourth-order valence-corrected chi connectivity index (χ4v) is 2.21. The van der Waals surface area contributed by atoms with Crippen LogP contribution in [0, 0.1) is 5.82 Å². The van der Waals surface area contributed by atoms with Gasteiger partial charge in [0.15, 0.2) is 0 Å². The number of carbonyl (C=O) groups is 1. The van der Waals surface area contributed by atoms with Crippen molar-refractivity contribution in [1.29, 1.82) is 0 Å². The van der Waals surface area contributed by atoms with Gasteiger partial charge in [0.25, 0.3) is 5.91 Å². The Morgan fingerprint density at radius 1 is 1.41 bits per heavy atom. The molecule has 0 saturated carbocycles. The highest BCUT2D eigenvalue weighted by atomic mass is 79.9. The summed E-state index contributed by atoms with van der Waals surface area (Å²) in [5.74, 6) is -0.506. The third-order valence-corrected chi connectivity index (χ3v) is 3.39. The molecular weight excluding hydrogens is 285 g/mol. The van der Waals surface area contributed by atoms with Gasteiger partial charge >= 0.3 is 0 Å². The highest BCUT2D eigenvalue weighted by Gasteiger charge is 2.14. The van der Waals surface area contributed by atoms with E-state index >= 15 is 0 Å². The van der Waals surface area contributed by atoms with Crippen LogP contribution in [0.5, 0.6) is 0 Å². The van der Waals surface area contributed by atoms with Crippen LogP contribution in [-0.4, -0.2) is 11.9 Å². The number of halogens is 2. The molecule has 1 atom stereocenters. The van der Waals surface area contributed by atoms with Crippen LogP contribution in [0.25, 0.3) is 0 Å². The van der Waals surface area contributed by atoms with E-state index in [0.29, 0.717) is 10.0 Å². The van der Waals surface area contributed by atoms with E-state index in [1.165, 1.54) is 18.2 Å². The van der Waals surface area contributed by atoms with E-state index in [1.54, 1.807) is 0 Å². The van der Waals surface area contributed by atoms with E-state index in [9.17, 15) is 9.18 Å². The second-order valence-corrected chi connectivity index (χ2v) is 4.94. The molecule has 0 bridgehead atoms. The summed E-state index contributed by atoms with van der Waals surface area (Å²) in [4.78, 5) is 11.9. The summed E-state index contributed by atoms with van der Waals surface area (Å²) in [6.07, 6.45) is 7.03. The van der Waals surface area contributed by atoms with Gasteiger partial charge in [0.05, 0.1) is 4.47 Å². The van der Waals surface area contributed by atoms with Crippen molar-refractivity contribution in [2.24, 2.45) is 0 Å². The topological polar surface area (TPSA) is 29.1 Å². The first-order valence-corrected chi connectivity index (χ1v) is 6.37. The van der Waals surface area contributed by atoms with Gasteiger partial charge in [-0.15, -0.1) is 0 Å². The minimum atomic E-state index is -0.359. The average Bonchev–Trinajstić information content (AvgIpc) is 2.34. The maximum absolute atomic E-state index is 13.0. The van der Waals surface area contributed by atoms with Gasteiger partial charge in [-0.25, -0.2) is 4.39 Å². The monoisotopic (exact) mass is 297 g/mol. The largest absolute Gasteiger partial charge is 0.349 e. The zero-order chi connectivity index (χ0) is 12.3. The summed E-state index contributed by atoms with van der Waals surface area (Å²) in [6.45, 7) is 0. The Morgan fingerprint density at radius 3 is 2.88 bits per heavy atom. The Morgan fingerprint density at radius 2 is 2.24 bits per heavy atom. The molecule has 2 rings (SSSR count). The first-order valence-electron chi connectivity index (χ1n) is 5.58. The van der Waals surface area contributed by atoms with Gasteiger partial charge in [-0.1, -0.05) is 12.2 Å². The number of rotatable bonds is 2. The summed E-state index contributed by atoms with van der Waals surface area (Å²) in [6, 6.07) is 4.48. The zero-order valence-corrected chi connectivity index (χ0v) is 10.8. The van der Waals surface area contributed by atoms with Gasteiger partial charge in [-0.3, -0.25) is 4.79 Å². The average molecular weight is 298 g/mol. The number of benzene rings is 1. The van der Waals surface area contributed by atoms with Crippen LogP contribution in [-0.2, 0) is 0 Å². The molecular formula is C13H13BrFNO. The molecule has 1 amide bonds. The van der Waals surface area contributed by atoms with Crippen molar-refractivity contribution in [1.82, 2.24) is 5.32 Å². The Bertz CT molecular complexity index is 459. The lowest BCUT2D eigenvalue weighted by Crippen LogP contribution is -2.35. The quantitative estimate of drug-likeness (QED) is 0.833. The first-order chi connectivity index (χ1) is 8.16. The number of amides is 1. The summed E-state index contributed by atoms with van der Waals surface area (Å²) in [5, 5.41) is 2.95. The Balaban J connectivity index is 2.03. The predicted octanol–water partition coefficient (Wildman–Crippen LogP) is 3.43. The molecule has 0 saturated heterocycles. The van der Waals surface area contributed by atoms with Crippen molar-refractivity contribution >= 4 is 21.8 Å². The van der Waals surface area contributed by atoms with E-state index in [0.717, 1.165) is 19.3 Å². The van der Waals surface area contributed by atoms with Crippen LogP contribution in [0.1, 0.15) is 29.6 Å². The maximum Gasteiger partial charge on any atom is 0.251 e. The number of hydrogen-bond acceptors (Lipinski definition) is 1. The molecule has 1 N–H and O–H groups in total. The SMILES string of the molecule is O=C(NC1CC=CCC1)c1ccc(F)c(Br)c1. The van der Waals surface area contributed by atoms with Crippen LogP contribution in [0.15, 0.2) is 34.8 Å². The molecule has 2 nitrogen and oxygen atoms in total. The fourth-order valence-electron chi connectivity index (χ4n) is 1.83. The van der Waals surface area contributed by atoms with E-state index in [4.69, 9.17) is 0 Å². The molecule has 0 aliphatic heterocycles. The van der Waals surface area contributed by atoms with Crippen molar-refractivity contribution < 1.29 is 9.18 Å². The highest BCUT2D eigenvalue weighted by Crippen LogP contribution is 2.17. The van der Waals surface area contributed by atoms with Gasteiger partial charge in [-0.2, -0.15) is 0 Å². The third-order valence-electron chi connectivity index (χ3n) is 2.79. The molecule has 0 fully saturated rings. The smallest absolute Gasteiger partial charge is 0.251 e. The van der Waals surface area contributed by atoms with Crippen molar-refractivity contribution in [2.75, 3.05) is 0 Å². The zero-order valence-electron chi connectivity index (χ0n) is 9.25. The minimum absolute atomic E-state index is 0.147. The van der Waals surface area contributed by atoms with Crippen LogP contribution in [0.3, 0.4) is 0 Å². The van der Waals surface area contributed by atoms with Gasteiger partial charge in [0.2, 0.25) is 0 Å². The summed E-state index contributed by atoms with van der Waals surface area (Å²) >= 11 is 3.07. The lowest BCUT2D eigenvalue weighted by Gasteiger charge is -2.19. The van der Waals surface area contributed by atoms with E-state index in [2.05, 4.69) is 33.4 Å². The fraction of sp³-hybridized carbons (Fsp3) is 0.308. The lowest BCUT2D eigenvalue weighted by atomic mass is 10.0. The standard InChI is InChI=1S/C13H13BrFNO/c14-11-8-9(6-7-12(11)15)13(17)16-10-4-2-1-3-5-10/h1-2,6-8,10H,3-5H2,(H,16,17). The number of allylic oxidation sites excluding steroid dienone is 1. The van der Waals surface area contributed by atoms with Gasteiger partial charge in [0.1, 0.15) is 5.82 Å². The van der Waals surface area contributed by atoms with Gasteiger partial charge in [-0.05, 0) is 53.4 Å². The number of nitrogens with one attached hydrogen (secondary N) is 1. The second-order valence-electron chi connectivity index (χ2n) is 4.08. The molecule has 90 valence electrons. The minimum Gasteiger partial charge on any atom is -0.349 e. The molecule has 0 spiro atoms. The molecule has 1 aromatic carbocycles. The molecule has 0 radical (unpaired) electrons. The molecule has 1 aliphatic rings. The normalized spacial score (nSPS) is 19.1. The molecule has 0 aromatic heterocycles. The van der Waals surface area contributed by atoms with Gasteiger partial charge in [0, 0.05) is 11.6 Å². The molecule has 17 heavy (non-hydrogen) atoms. The van der Waals surface area contributed by atoms with E-state index in [1.807, 2.05) is 0 Å². The number of carbonyl (C=O) groups excluding carboxylic acids is 1. The summed E-state index contributed by atoms with van der Waals surface area (Å²) in [7, 11) is 0. The third kappa shape index (κ3) is 3.16. The predicted molar refractivity (Wildman–Crippen MR) is 68.3 cm³/mol. The Kier molecular flexibility index (Phi) is 3.94. The second kappa shape index (κ2) is 5.45. The summed E-state index contributed by atoms with van der Waals surface area (Å²) < 4.78 is 13.3. The van der Waals surface area contributed by atoms with Crippen molar-refractivity contribution in [3.8, 4) is 0 Å². The van der Waals surface area contributed by atoms with Crippen molar-refractivity contribution in [3.05, 3.63) is 46.2 Å². The maximum atomic E-state index is 13.0. The molecule has 1 unspecified atom stereocenters. The summed E-state index contributed by atoms with van der Waals surface area (Å²) in [5.41, 5.74) is 0.479.